The molecule has 1 aromatic carbocycles. The number of nitrogens with one attached hydrogen (secondary N) is 1. The lowest BCUT2D eigenvalue weighted by atomic mass is 10.0. The van der Waals surface area contributed by atoms with Crippen molar-refractivity contribution >= 4 is 12.1 Å². The van der Waals surface area contributed by atoms with Crippen LogP contribution < -0.4 is 10.1 Å². The number of para-hydroxylation sites is 1. The number of rotatable bonds is 8. The van der Waals surface area contributed by atoms with E-state index in [-0.39, 0.29) is 17.9 Å². The summed E-state index contributed by atoms with van der Waals surface area (Å²) in [6.07, 6.45) is 0.894. The minimum absolute atomic E-state index is 0.0373. The van der Waals surface area contributed by atoms with Crippen LogP contribution in [0.25, 0.3) is 0 Å². The molecule has 1 rings (SSSR count). The molecule has 140 valence electrons. The molecular weight excluding hydrogens is 326 g/mol. The van der Waals surface area contributed by atoms with E-state index >= 15 is 0 Å². The van der Waals surface area contributed by atoms with E-state index in [9.17, 15) is 19.8 Å². The molecule has 0 bridgehead atoms. The summed E-state index contributed by atoms with van der Waals surface area (Å²) in [5.74, 6) is -1.02. The summed E-state index contributed by atoms with van der Waals surface area (Å²) in [6.45, 7) is 7.50. The van der Waals surface area contributed by atoms with Crippen LogP contribution in [0.5, 0.6) is 11.5 Å². The Balaban J connectivity index is 2.89. The van der Waals surface area contributed by atoms with E-state index in [0.29, 0.717) is 12.2 Å². The van der Waals surface area contributed by atoms with E-state index in [0.717, 1.165) is 12.8 Å². The average Bonchev–Trinajstić information content (AvgIpc) is 2.47. The number of carboxylic acid groups (broad SMARTS) is 1. The summed E-state index contributed by atoms with van der Waals surface area (Å²) in [6, 6.07) is 3.53. The lowest BCUT2D eigenvalue weighted by Gasteiger charge is -2.22. The molecule has 7 heteroatoms. The fraction of sp³-hybridized carbons (Fsp3) is 0.556. The molecule has 0 heterocycles. The molecule has 1 amide bonds. The number of hydrogen-bond donors (Lipinski definition) is 3. The summed E-state index contributed by atoms with van der Waals surface area (Å²) in [5, 5.41) is 21.7. The molecule has 0 unspecified atom stereocenters. The summed E-state index contributed by atoms with van der Waals surface area (Å²) in [5.41, 5.74) is -0.230. The van der Waals surface area contributed by atoms with Gasteiger partial charge in [0.2, 0.25) is 0 Å². The van der Waals surface area contributed by atoms with Crippen molar-refractivity contribution in [3.63, 3.8) is 0 Å². The van der Waals surface area contributed by atoms with Crippen LogP contribution in [0.4, 0.5) is 4.79 Å². The Labute approximate surface area is 147 Å². The Kier molecular flexibility index (Phi) is 7.54. The zero-order valence-corrected chi connectivity index (χ0v) is 15.2. The third kappa shape index (κ3) is 7.32. The second-order valence-corrected chi connectivity index (χ2v) is 6.71. The van der Waals surface area contributed by atoms with E-state index in [1.807, 2.05) is 6.92 Å². The highest BCUT2D eigenvalue weighted by molar-refractivity contribution is 5.80. The minimum Gasteiger partial charge on any atom is -0.504 e. The van der Waals surface area contributed by atoms with Crippen molar-refractivity contribution in [1.82, 2.24) is 5.32 Å². The van der Waals surface area contributed by atoms with Gasteiger partial charge in [-0.3, -0.25) is 0 Å². The van der Waals surface area contributed by atoms with Gasteiger partial charge in [-0.1, -0.05) is 25.5 Å². The fourth-order valence-electron chi connectivity index (χ4n) is 2.09. The normalized spacial score (nSPS) is 12.3. The minimum atomic E-state index is -1.20. The third-order valence-corrected chi connectivity index (χ3v) is 3.23. The van der Waals surface area contributed by atoms with Gasteiger partial charge in [0.25, 0.3) is 0 Å². The Morgan fingerprint density at radius 2 is 1.96 bits per heavy atom. The number of aliphatic carboxylic acids is 1. The molecule has 1 aromatic rings. The number of carboxylic acids is 1. The van der Waals surface area contributed by atoms with Crippen molar-refractivity contribution in [1.29, 1.82) is 0 Å². The van der Waals surface area contributed by atoms with Gasteiger partial charge in [-0.2, -0.15) is 0 Å². The Morgan fingerprint density at radius 3 is 2.52 bits per heavy atom. The first kappa shape index (κ1) is 20.6. The predicted molar refractivity (Wildman–Crippen MR) is 93.0 cm³/mol. The van der Waals surface area contributed by atoms with Gasteiger partial charge in [-0.25, -0.2) is 9.59 Å². The number of phenols is 1. The van der Waals surface area contributed by atoms with E-state index in [2.05, 4.69) is 5.32 Å². The standard InChI is InChI=1S/C18H27NO6/c1-5-6-10-24-15-12(8-7-9-14(15)20)11-13(16(21)22)19-17(23)25-18(2,3)4/h7-9,13,20H,5-6,10-11H2,1-4H3,(H,19,23)(H,21,22)/t13-/m0/s1. The van der Waals surface area contributed by atoms with E-state index in [1.165, 1.54) is 6.07 Å². The fourth-order valence-corrected chi connectivity index (χ4v) is 2.09. The number of amides is 1. The van der Waals surface area contributed by atoms with Gasteiger partial charge in [0.1, 0.15) is 11.6 Å². The van der Waals surface area contributed by atoms with Crippen LogP contribution in [0.1, 0.15) is 46.1 Å². The quantitative estimate of drug-likeness (QED) is 0.620. The first-order chi connectivity index (χ1) is 11.6. The molecule has 25 heavy (non-hydrogen) atoms. The number of ether oxygens (including phenoxy) is 2. The van der Waals surface area contributed by atoms with Crippen molar-refractivity contribution in [2.75, 3.05) is 6.61 Å². The van der Waals surface area contributed by atoms with Crippen LogP contribution in [0.2, 0.25) is 0 Å². The van der Waals surface area contributed by atoms with Gasteiger partial charge in [0, 0.05) is 12.0 Å². The highest BCUT2D eigenvalue weighted by Crippen LogP contribution is 2.31. The second kappa shape index (κ2) is 9.15. The molecule has 0 aliphatic rings. The van der Waals surface area contributed by atoms with Crippen LogP contribution >= 0.6 is 0 Å². The molecule has 1 atom stereocenters. The number of alkyl carbamates (subject to hydrolysis) is 1. The summed E-state index contributed by atoms with van der Waals surface area (Å²) in [7, 11) is 0. The van der Waals surface area contributed by atoms with Crippen molar-refractivity contribution in [3.8, 4) is 11.5 Å². The first-order valence-corrected chi connectivity index (χ1v) is 8.30. The summed E-state index contributed by atoms with van der Waals surface area (Å²) in [4.78, 5) is 23.3. The number of benzene rings is 1. The van der Waals surface area contributed by atoms with Gasteiger partial charge in [0.05, 0.1) is 6.61 Å². The zero-order valence-electron chi connectivity index (χ0n) is 15.2. The van der Waals surface area contributed by atoms with Gasteiger partial charge >= 0.3 is 12.1 Å². The lowest BCUT2D eigenvalue weighted by molar-refractivity contribution is -0.139. The maximum atomic E-state index is 11.8. The van der Waals surface area contributed by atoms with E-state index in [4.69, 9.17) is 9.47 Å². The molecule has 0 saturated heterocycles. The maximum Gasteiger partial charge on any atom is 0.408 e. The van der Waals surface area contributed by atoms with Crippen LogP contribution in [-0.4, -0.2) is 40.5 Å². The van der Waals surface area contributed by atoms with Gasteiger partial charge in [-0.05, 0) is 33.3 Å². The second-order valence-electron chi connectivity index (χ2n) is 6.71. The molecule has 0 radical (unpaired) electrons. The Bertz CT molecular complexity index is 594. The zero-order chi connectivity index (χ0) is 19.0. The number of hydrogen-bond acceptors (Lipinski definition) is 5. The number of carbonyl (C=O) groups excluding carboxylic acids is 1. The SMILES string of the molecule is CCCCOc1c(O)cccc1C[C@H](NC(=O)OC(C)(C)C)C(=O)O. The highest BCUT2D eigenvalue weighted by Gasteiger charge is 2.25. The molecular formula is C18H27NO6. The topological polar surface area (TPSA) is 105 Å². The van der Waals surface area contributed by atoms with Gasteiger partial charge in [-0.15, -0.1) is 0 Å². The molecule has 0 aliphatic carbocycles. The van der Waals surface area contributed by atoms with Crippen molar-refractivity contribution < 1.29 is 29.3 Å². The molecule has 0 aromatic heterocycles. The Morgan fingerprint density at radius 1 is 1.28 bits per heavy atom. The van der Waals surface area contributed by atoms with E-state index in [1.54, 1.807) is 32.9 Å². The summed E-state index contributed by atoms with van der Waals surface area (Å²) < 4.78 is 10.7. The van der Waals surface area contributed by atoms with Crippen molar-refractivity contribution in [3.05, 3.63) is 23.8 Å². The lowest BCUT2D eigenvalue weighted by Crippen LogP contribution is -2.44. The largest absolute Gasteiger partial charge is 0.504 e. The third-order valence-electron chi connectivity index (χ3n) is 3.23. The molecule has 0 fully saturated rings. The molecule has 0 aliphatic heterocycles. The number of unbranched alkanes of at least 4 members (excludes halogenated alkanes) is 1. The number of phenolic OH excluding ortho intramolecular Hbond substituents is 1. The van der Waals surface area contributed by atoms with E-state index < -0.39 is 23.7 Å². The monoisotopic (exact) mass is 353 g/mol. The smallest absolute Gasteiger partial charge is 0.408 e. The van der Waals surface area contributed by atoms with Gasteiger partial charge < -0.3 is 25.0 Å². The predicted octanol–water partition coefficient (Wildman–Crippen LogP) is 3.09. The molecule has 0 saturated carbocycles. The van der Waals surface area contributed by atoms with Crippen LogP contribution in [0.3, 0.4) is 0 Å². The number of carbonyl (C=O) groups is 2. The summed E-state index contributed by atoms with van der Waals surface area (Å²) >= 11 is 0. The van der Waals surface area contributed by atoms with Gasteiger partial charge in [0.15, 0.2) is 11.5 Å². The molecule has 7 nitrogen and oxygen atoms in total. The highest BCUT2D eigenvalue weighted by atomic mass is 16.6. The first-order valence-electron chi connectivity index (χ1n) is 8.30. The van der Waals surface area contributed by atoms with Crippen LogP contribution in [0.15, 0.2) is 18.2 Å². The number of aromatic hydroxyl groups is 1. The molecule has 0 spiro atoms. The van der Waals surface area contributed by atoms with Crippen molar-refractivity contribution in [2.24, 2.45) is 0 Å². The van der Waals surface area contributed by atoms with Crippen LogP contribution in [0, 0.1) is 0 Å². The maximum absolute atomic E-state index is 11.8. The van der Waals surface area contributed by atoms with Crippen molar-refractivity contribution in [2.45, 2.75) is 58.6 Å². The van der Waals surface area contributed by atoms with Crippen LogP contribution in [-0.2, 0) is 16.0 Å². The molecule has 3 N–H and O–H groups in total. The average molecular weight is 353 g/mol. The Hall–Kier alpha value is -2.44.